The van der Waals surface area contributed by atoms with Crippen molar-refractivity contribution in [1.82, 2.24) is 10.6 Å². The van der Waals surface area contributed by atoms with Crippen LogP contribution >= 0.6 is 12.4 Å². The monoisotopic (exact) mass is 1160 g/mol. The van der Waals surface area contributed by atoms with Crippen LogP contribution in [0.3, 0.4) is 0 Å². The molecule has 6 rings (SSSR count). The number of alkyl carbamates (subject to hydrolysis) is 2. The van der Waals surface area contributed by atoms with Crippen LogP contribution in [0.25, 0.3) is 0 Å². The maximum absolute atomic E-state index is 13.0. The minimum Gasteiger partial charge on any atom is -0.480 e. The highest BCUT2D eigenvalue weighted by Crippen LogP contribution is 2.29. The van der Waals surface area contributed by atoms with Crippen LogP contribution in [0, 0.1) is 23.7 Å². The number of nitrogen functional groups attached to an aromatic ring is 1. The molecular formula is C60H99ClN8O12. The van der Waals surface area contributed by atoms with Gasteiger partial charge in [-0.05, 0) is 95.7 Å². The van der Waals surface area contributed by atoms with Crippen molar-refractivity contribution >= 4 is 76.5 Å². The summed E-state index contributed by atoms with van der Waals surface area (Å²) >= 11 is 0. The molecule has 0 aromatic heterocycles. The van der Waals surface area contributed by atoms with Crippen LogP contribution < -0.4 is 41.7 Å². The number of carboxylic acid groups (broad SMARTS) is 1. The molecule has 0 unspecified atom stereocenters. The summed E-state index contributed by atoms with van der Waals surface area (Å²) in [6, 6.07) is 22.1. The molecule has 3 heterocycles. The lowest BCUT2D eigenvalue weighted by molar-refractivity contribution is -0.140. The first kappa shape index (κ1) is 73.0. The largest absolute Gasteiger partial charge is 0.480 e. The Morgan fingerprint density at radius 3 is 1.21 bits per heavy atom. The smallest absolute Gasteiger partial charge is 0.408 e. The minimum atomic E-state index is -1.04. The van der Waals surface area contributed by atoms with Crippen molar-refractivity contribution in [3.8, 4) is 0 Å². The van der Waals surface area contributed by atoms with Crippen molar-refractivity contribution < 1.29 is 57.9 Å². The first-order valence-corrected chi connectivity index (χ1v) is 28.2. The van der Waals surface area contributed by atoms with E-state index < -0.39 is 41.4 Å². The number of aliphatic hydroxyl groups excluding tert-OH is 1. The highest BCUT2D eigenvalue weighted by molar-refractivity contribution is 5.99. The second-order valence-corrected chi connectivity index (χ2v) is 21.9. The van der Waals surface area contributed by atoms with Crippen LogP contribution in [-0.4, -0.2) is 149 Å². The number of carbonyl (C=O) groups is 5. The van der Waals surface area contributed by atoms with Gasteiger partial charge in [-0.15, -0.1) is 12.4 Å². The Labute approximate surface area is 489 Å². The number of nitrogens with zero attached hydrogens (tertiary/aromatic N) is 3. The number of aliphatic carboxylic acids is 1. The molecule has 4 amide bonds. The van der Waals surface area contributed by atoms with Crippen molar-refractivity contribution in [1.29, 1.82) is 0 Å². The molecule has 3 aromatic carbocycles. The van der Waals surface area contributed by atoms with E-state index in [1.807, 2.05) is 88.4 Å². The maximum Gasteiger partial charge on any atom is 0.408 e. The van der Waals surface area contributed by atoms with Crippen molar-refractivity contribution in [2.24, 2.45) is 23.7 Å². The minimum absolute atomic E-state index is 0. The number of hydrogen-bond donors (Lipinski definition) is 7. The number of carbonyl (C=O) groups excluding carboxylic acids is 4. The molecule has 21 heteroatoms. The van der Waals surface area contributed by atoms with E-state index in [4.69, 9.17) is 39.6 Å². The molecule has 20 nitrogen and oxygen atoms in total. The number of nitrogens with two attached hydrogens (primary N) is 1. The summed E-state index contributed by atoms with van der Waals surface area (Å²) in [5, 5.41) is 27.2. The number of hydrogen-bond acceptors (Lipinski definition) is 15. The molecule has 0 bridgehead atoms. The number of aliphatic hydroxyl groups is 1. The average molecular weight is 1160 g/mol. The average Bonchev–Trinajstić information content (AvgIpc) is 3.44. The Balaban J connectivity index is 0.000000552. The van der Waals surface area contributed by atoms with Crippen molar-refractivity contribution in [3.05, 3.63) is 72.8 Å². The molecule has 0 spiro atoms. The first-order valence-electron chi connectivity index (χ1n) is 28.2. The van der Waals surface area contributed by atoms with Gasteiger partial charge in [0.1, 0.15) is 23.3 Å². The van der Waals surface area contributed by atoms with Crippen LogP contribution in [0.2, 0.25) is 0 Å². The molecular weight excluding hydrogens is 1060 g/mol. The number of morpholine rings is 3. The summed E-state index contributed by atoms with van der Waals surface area (Å²) in [5.41, 5.74) is 10.3. The number of rotatable bonds is 16. The quantitative estimate of drug-likeness (QED) is 0.0659. The number of halogens is 1. The Kier molecular flexibility index (Phi) is 34.1. The third-order valence-electron chi connectivity index (χ3n) is 13.5. The molecule has 8 N–H and O–H groups in total. The fourth-order valence-corrected chi connectivity index (χ4v) is 8.22. The van der Waals surface area contributed by atoms with Crippen LogP contribution in [0.1, 0.15) is 109 Å². The Bertz CT molecular complexity index is 2300. The van der Waals surface area contributed by atoms with Crippen LogP contribution in [-0.2, 0) is 38.1 Å². The van der Waals surface area contributed by atoms with Gasteiger partial charge in [0.25, 0.3) is 0 Å². The normalized spacial score (nSPS) is 16.4. The van der Waals surface area contributed by atoms with E-state index in [2.05, 4.69) is 61.9 Å². The van der Waals surface area contributed by atoms with Crippen molar-refractivity contribution in [2.45, 2.75) is 133 Å². The van der Waals surface area contributed by atoms with Gasteiger partial charge in [-0.3, -0.25) is 9.59 Å². The molecule has 3 aliphatic rings. The van der Waals surface area contributed by atoms with Gasteiger partial charge in [-0.25, -0.2) is 14.4 Å². The molecule has 0 saturated carbocycles. The second-order valence-electron chi connectivity index (χ2n) is 21.9. The standard InChI is InChI=1S/C21H33N3O4.C17H26N2O2.C11H21NO4.C10H14N2O.CH4O.ClH/c1-6-15(2)18(23-20(26)28-21(3,4)5)19(25)22-16-9-7-8-10-17(16)24-11-13-27-14-12-24;1-4-13(2)14(3)17(20)18-15-7-5-6-8-16(15)19-9-11-21-12-10-19;1-6-7(2)8(9(13)14)12-10(15)16-11(3,4)5;11-9-3-1-2-4-10(9)12-5-7-13-8-6-12;1-2;/h7-10,15,18H,6,11-14H2,1-5H3,(H,22,25)(H,23,26);5-8,13-14H,4,9-12H2,1-3H3,(H,18,20);7-8H,6H2,1-5H3,(H,12,15)(H,13,14);1-4H,5-8,11H2;2H,1H3;1H/t15-,18-;13-,14-;7-,8-;;;/m000.../s1. The molecule has 0 radical (unpaired) electrons. The SMILES string of the molecule is CC[C@H](C)[C@H](C)C(=O)Nc1ccccc1N1CCOCC1.CC[C@H](C)[C@H](NC(=O)OC(C)(C)C)C(=O)Nc1ccccc1N1CCOCC1.CC[C@H](C)[C@H](NC(=O)OC(C)(C)C)C(=O)O.CO.Cl.Nc1ccccc1N1CCOCC1. The molecule has 81 heavy (non-hydrogen) atoms. The summed E-state index contributed by atoms with van der Waals surface area (Å²) in [5.74, 6) is -0.951. The van der Waals surface area contributed by atoms with Gasteiger partial charge < -0.3 is 75.6 Å². The fraction of sp³-hybridized carbons (Fsp3) is 0.617. The van der Waals surface area contributed by atoms with E-state index in [1.54, 1.807) is 48.5 Å². The van der Waals surface area contributed by atoms with Gasteiger partial charge in [0, 0.05) is 52.3 Å². The zero-order chi connectivity index (χ0) is 60.0. The lowest BCUT2D eigenvalue weighted by Crippen LogP contribution is -2.49. The number of ether oxygens (including phenoxy) is 5. The van der Waals surface area contributed by atoms with Gasteiger partial charge in [0.15, 0.2) is 0 Å². The highest BCUT2D eigenvalue weighted by atomic mass is 35.5. The summed E-state index contributed by atoms with van der Waals surface area (Å²) in [7, 11) is 1.00. The summed E-state index contributed by atoms with van der Waals surface area (Å²) in [6.45, 7) is 34.0. The van der Waals surface area contributed by atoms with Gasteiger partial charge in [-0.2, -0.15) is 0 Å². The molecule has 6 atom stereocenters. The van der Waals surface area contributed by atoms with Crippen LogP contribution in [0.15, 0.2) is 72.8 Å². The van der Waals surface area contributed by atoms with E-state index in [9.17, 15) is 24.0 Å². The van der Waals surface area contributed by atoms with Crippen molar-refractivity contribution in [3.63, 3.8) is 0 Å². The maximum atomic E-state index is 13.0. The highest BCUT2D eigenvalue weighted by Gasteiger charge is 2.30. The summed E-state index contributed by atoms with van der Waals surface area (Å²) < 4.78 is 26.4. The summed E-state index contributed by atoms with van der Waals surface area (Å²) in [4.78, 5) is 66.7. The lowest BCUT2D eigenvalue weighted by Gasteiger charge is -2.31. The van der Waals surface area contributed by atoms with Gasteiger partial charge in [-0.1, -0.05) is 104 Å². The number of para-hydroxylation sites is 6. The molecule has 3 fully saturated rings. The van der Waals surface area contributed by atoms with Crippen molar-refractivity contribution in [2.75, 3.05) is 117 Å². The van der Waals surface area contributed by atoms with Gasteiger partial charge >= 0.3 is 18.2 Å². The predicted octanol–water partition coefficient (Wildman–Crippen LogP) is 9.69. The second kappa shape index (κ2) is 37.9. The molecule has 0 aliphatic carbocycles. The fourth-order valence-electron chi connectivity index (χ4n) is 8.22. The number of carboxylic acids is 1. The Morgan fingerprint density at radius 2 is 0.852 bits per heavy atom. The number of benzene rings is 3. The number of anilines is 6. The predicted molar refractivity (Wildman–Crippen MR) is 327 cm³/mol. The number of nitrogens with one attached hydrogen (secondary N) is 4. The molecule has 3 saturated heterocycles. The van der Waals surface area contributed by atoms with E-state index in [1.165, 1.54) is 0 Å². The van der Waals surface area contributed by atoms with Crippen LogP contribution in [0.4, 0.5) is 43.7 Å². The van der Waals surface area contributed by atoms with Gasteiger partial charge in [0.2, 0.25) is 11.8 Å². The van der Waals surface area contributed by atoms with E-state index in [0.29, 0.717) is 25.6 Å². The Hall–Kier alpha value is -6.06. The van der Waals surface area contributed by atoms with E-state index >= 15 is 0 Å². The third-order valence-corrected chi connectivity index (χ3v) is 13.5. The Morgan fingerprint density at radius 1 is 0.531 bits per heavy atom. The number of amides is 4. The van der Waals surface area contributed by atoms with E-state index in [0.717, 1.165) is 120 Å². The first-order chi connectivity index (χ1) is 37.9. The topological polar surface area (TPSA) is 256 Å². The van der Waals surface area contributed by atoms with Gasteiger partial charge in [0.05, 0.1) is 73.8 Å². The van der Waals surface area contributed by atoms with E-state index in [-0.39, 0.29) is 42.0 Å². The molecule has 458 valence electrons. The zero-order valence-electron chi connectivity index (χ0n) is 50.8. The lowest BCUT2D eigenvalue weighted by atomic mass is 9.93. The summed E-state index contributed by atoms with van der Waals surface area (Å²) in [6.07, 6.45) is 1.15. The third kappa shape index (κ3) is 27.0. The zero-order valence-corrected chi connectivity index (χ0v) is 51.6. The molecule has 3 aromatic rings. The molecule has 3 aliphatic heterocycles. The van der Waals surface area contributed by atoms with Crippen LogP contribution in [0.5, 0.6) is 0 Å².